The minimum atomic E-state index is -1.96. The van der Waals surface area contributed by atoms with E-state index in [-0.39, 0.29) is 12.2 Å². The van der Waals surface area contributed by atoms with Crippen molar-refractivity contribution >= 4 is 35.1 Å². The van der Waals surface area contributed by atoms with Crippen LogP contribution in [0.25, 0.3) is 6.08 Å². The van der Waals surface area contributed by atoms with E-state index in [1.165, 1.54) is 11.0 Å². The predicted molar refractivity (Wildman–Crippen MR) is 127 cm³/mol. The van der Waals surface area contributed by atoms with Crippen LogP contribution in [0.15, 0.2) is 97.1 Å². The van der Waals surface area contributed by atoms with E-state index in [0.717, 1.165) is 11.1 Å². The SMILES string of the molecule is O=C(/C=C/C=C/c1ccccc1)C[C@@]1(O)C(=O)N(Cc2ccccc2)c2ccc(Cl)cc21. The van der Waals surface area contributed by atoms with Crippen molar-refractivity contribution in [3.63, 3.8) is 0 Å². The zero-order chi connectivity index (χ0) is 22.6. The van der Waals surface area contributed by atoms with Gasteiger partial charge >= 0.3 is 0 Å². The Morgan fingerprint density at radius 1 is 0.969 bits per heavy atom. The third-order valence-electron chi connectivity index (χ3n) is 5.39. The lowest BCUT2D eigenvalue weighted by Gasteiger charge is -2.22. The molecular formula is C27H22ClNO3. The van der Waals surface area contributed by atoms with Gasteiger partial charge in [-0.2, -0.15) is 0 Å². The smallest absolute Gasteiger partial charge is 0.264 e. The first-order valence-electron chi connectivity index (χ1n) is 10.3. The number of allylic oxidation sites excluding steroid dienone is 3. The quantitative estimate of drug-likeness (QED) is 0.398. The maximum Gasteiger partial charge on any atom is 0.264 e. The Balaban J connectivity index is 1.55. The molecule has 1 atom stereocenters. The molecule has 5 heteroatoms. The summed E-state index contributed by atoms with van der Waals surface area (Å²) >= 11 is 6.15. The molecule has 4 rings (SSSR count). The molecule has 0 radical (unpaired) electrons. The lowest BCUT2D eigenvalue weighted by molar-refractivity contribution is -0.140. The van der Waals surface area contributed by atoms with Crippen molar-refractivity contribution < 1.29 is 14.7 Å². The van der Waals surface area contributed by atoms with Crippen LogP contribution in [0.5, 0.6) is 0 Å². The molecule has 32 heavy (non-hydrogen) atoms. The molecule has 0 spiro atoms. The molecule has 0 aliphatic carbocycles. The van der Waals surface area contributed by atoms with Crippen LogP contribution in [-0.4, -0.2) is 16.8 Å². The average molecular weight is 444 g/mol. The number of hydrogen-bond donors (Lipinski definition) is 1. The summed E-state index contributed by atoms with van der Waals surface area (Å²) in [4.78, 5) is 27.4. The third kappa shape index (κ3) is 4.57. The summed E-state index contributed by atoms with van der Waals surface area (Å²) in [6.45, 7) is 0.292. The van der Waals surface area contributed by atoms with Crippen molar-refractivity contribution in [1.82, 2.24) is 0 Å². The van der Waals surface area contributed by atoms with Gasteiger partial charge < -0.3 is 10.0 Å². The highest BCUT2D eigenvalue weighted by Crippen LogP contribution is 2.44. The molecule has 1 amide bonds. The summed E-state index contributed by atoms with van der Waals surface area (Å²) in [6, 6.07) is 24.1. The van der Waals surface area contributed by atoms with E-state index < -0.39 is 11.5 Å². The minimum Gasteiger partial charge on any atom is -0.375 e. The highest BCUT2D eigenvalue weighted by Gasteiger charge is 2.50. The van der Waals surface area contributed by atoms with Crippen LogP contribution in [0.2, 0.25) is 5.02 Å². The first-order valence-corrected chi connectivity index (χ1v) is 10.7. The largest absolute Gasteiger partial charge is 0.375 e. The number of nitrogens with zero attached hydrogens (tertiary/aromatic N) is 1. The number of fused-ring (bicyclic) bond motifs is 1. The Labute approximate surface area is 192 Å². The van der Waals surface area contributed by atoms with Crippen molar-refractivity contribution in [3.8, 4) is 0 Å². The van der Waals surface area contributed by atoms with Crippen LogP contribution in [0, 0.1) is 0 Å². The van der Waals surface area contributed by atoms with Gasteiger partial charge in [0.1, 0.15) is 0 Å². The van der Waals surface area contributed by atoms with E-state index in [0.29, 0.717) is 22.8 Å². The van der Waals surface area contributed by atoms with Crippen LogP contribution in [-0.2, 0) is 21.7 Å². The summed E-state index contributed by atoms with van der Waals surface area (Å²) in [7, 11) is 0. The van der Waals surface area contributed by atoms with Crippen molar-refractivity contribution in [2.75, 3.05) is 4.90 Å². The predicted octanol–water partition coefficient (Wildman–Crippen LogP) is 5.30. The number of rotatable bonds is 7. The molecule has 1 heterocycles. The first kappa shape index (κ1) is 21.8. The zero-order valence-electron chi connectivity index (χ0n) is 17.3. The molecule has 1 aliphatic heterocycles. The fourth-order valence-electron chi connectivity index (χ4n) is 3.82. The molecule has 0 aromatic heterocycles. The van der Waals surface area contributed by atoms with Crippen molar-refractivity contribution in [3.05, 3.63) is 119 Å². The van der Waals surface area contributed by atoms with Crippen LogP contribution in [0.3, 0.4) is 0 Å². The molecule has 4 nitrogen and oxygen atoms in total. The molecule has 0 saturated carbocycles. The van der Waals surface area contributed by atoms with Crippen LogP contribution in [0.1, 0.15) is 23.1 Å². The lowest BCUT2D eigenvalue weighted by Crippen LogP contribution is -2.41. The Hall–Kier alpha value is -3.47. The molecule has 1 N–H and O–H groups in total. The number of ketones is 1. The van der Waals surface area contributed by atoms with Crippen molar-refractivity contribution in [2.24, 2.45) is 0 Å². The molecule has 160 valence electrons. The van der Waals surface area contributed by atoms with E-state index in [4.69, 9.17) is 11.6 Å². The van der Waals surface area contributed by atoms with E-state index in [2.05, 4.69) is 0 Å². The second kappa shape index (κ2) is 9.35. The number of carbonyl (C=O) groups is 2. The van der Waals surface area contributed by atoms with E-state index >= 15 is 0 Å². The van der Waals surface area contributed by atoms with E-state index in [1.807, 2.05) is 66.7 Å². The lowest BCUT2D eigenvalue weighted by atomic mass is 9.90. The normalized spacial score (nSPS) is 17.9. The van der Waals surface area contributed by atoms with Gasteiger partial charge in [-0.05, 0) is 35.4 Å². The Morgan fingerprint density at radius 2 is 1.66 bits per heavy atom. The van der Waals surface area contributed by atoms with Gasteiger partial charge in [-0.15, -0.1) is 0 Å². The number of aliphatic hydroxyl groups is 1. The molecule has 0 fully saturated rings. The van der Waals surface area contributed by atoms with Crippen LogP contribution < -0.4 is 4.90 Å². The maximum absolute atomic E-state index is 13.3. The number of benzene rings is 3. The van der Waals surface area contributed by atoms with Crippen LogP contribution >= 0.6 is 11.6 Å². The zero-order valence-corrected chi connectivity index (χ0v) is 18.1. The molecule has 3 aromatic rings. The summed E-state index contributed by atoms with van der Waals surface area (Å²) in [6.07, 6.45) is 6.24. The topological polar surface area (TPSA) is 57.6 Å². The van der Waals surface area contributed by atoms with Crippen molar-refractivity contribution in [1.29, 1.82) is 0 Å². The van der Waals surface area contributed by atoms with Gasteiger partial charge in [0.25, 0.3) is 5.91 Å². The van der Waals surface area contributed by atoms with Gasteiger partial charge in [0, 0.05) is 10.6 Å². The molecule has 0 bridgehead atoms. The molecular weight excluding hydrogens is 422 g/mol. The standard InChI is InChI=1S/C27H22ClNO3/c28-22-15-16-25-24(17-22)27(32,26(31)29(25)19-21-12-5-2-6-13-21)18-23(30)14-8-7-11-20-9-3-1-4-10-20/h1-17,32H,18-19H2/b11-7+,14-8+/t27-/m0/s1. The maximum atomic E-state index is 13.3. The van der Waals surface area contributed by atoms with Gasteiger partial charge in [-0.25, -0.2) is 0 Å². The molecule has 1 aliphatic rings. The second-order valence-corrected chi connectivity index (χ2v) is 8.11. The number of hydrogen-bond acceptors (Lipinski definition) is 3. The summed E-state index contributed by atoms with van der Waals surface area (Å²) in [5.74, 6) is -0.883. The number of halogens is 1. The Kier molecular flexibility index (Phi) is 6.35. The Bertz CT molecular complexity index is 1190. The second-order valence-electron chi connectivity index (χ2n) is 7.67. The van der Waals surface area contributed by atoms with E-state index in [1.54, 1.807) is 30.4 Å². The van der Waals surface area contributed by atoms with E-state index in [9.17, 15) is 14.7 Å². The summed E-state index contributed by atoms with van der Waals surface area (Å²) in [5, 5.41) is 11.8. The highest BCUT2D eigenvalue weighted by atomic mass is 35.5. The highest BCUT2D eigenvalue weighted by molar-refractivity contribution is 6.31. The third-order valence-corrected chi connectivity index (χ3v) is 5.62. The average Bonchev–Trinajstić information content (AvgIpc) is 2.99. The minimum absolute atomic E-state index is 0.292. The molecule has 3 aromatic carbocycles. The van der Waals surface area contributed by atoms with Gasteiger partial charge in [-0.1, -0.05) is 90.5 Å². The molecule has 0 saturated heterocycles. The van der Waals surface area contributed by atoms with Gasteiger partial charge in [0.05, 0.1) is 18.7 Å². The fraction of sp³-hybridized carbons (Fsp3) is 0.111. The first-order chi connectivity index (χ1) is 15.5. The van der Waals surface area contributed by atoms with Crippen LogP contribution in [0.4, 0.5) is 5.69 Å². The summed E-state index contributed by atoms with van der Waals surface area (Å²) in [5.41, 5.74) is 0.885. The van der Waals surface area contributed by atoms with Gasteiger partial charge in [0.15, 0.2) is 11.4 Å². The monoisotopic (exact) mass is 443 g/mol. The Morgan fingerprint density at radius 3 is 2.38 bits per heavy atom. The molecule has 0 unspecified atom stereocenters. The number of carbonyl (C=O) groups excluding carboxylic acids is 2. The van der Waals surface area contributed by atoms with Crippen molar-refractivity contribution in [2.45, 2.75) is 18.6 Å². The number of amides is 1. The summed E-state index contributed by atoms with van der Waals surface area (Å²) < 4.78 is 0. The van der Waals surface area contributed by atoms with Gasteiger partial charge in [-0.3, -0.25) is 9.59 Å². The van der Waals surface area contributed by atoms with Gasteiger partial charge in [0.2, 0.25) is 0 Å². The fourth-order valence-corrected chi connectivity index (χ4v) is 3.99. The number of anilines is 1.